The first-order chi connectivity index (χ1) is 32.8. The van der Waals surface area contributed by atoms with Crippen LogP contribution in [0.15, 0.2) is 0 Å². The number of esters is 3. The Labute approximate surface area is 418 Å². The molecule has 0 aromatic carbocycles. The Morgan fingerprint density at radius 2 is 0.522 bits per heavy atom. The van der Waals surface area contributed by atoms with E-state index in [1.54, 1.807) is 0 Å². The van der Waals surface area contributed by atoms with Gasteiger partial charge in [-0.3, -0.25) is 14.4 Å². The number of rotatable bonds is 55. The van der Waals surface area contributed by atoms with Crippen molar-refractivity contribution in [1.82, 2.24) is 0 Å². The fourth-order valence-corrected chi connectivity index (χ4v) is 9.34. The van der Waals surface area contributed by atoms with Crippen molar-refractivity contribution >= 4 is 17.9 Å². The summed E-state index contributed by atoms with van der Waals surface area (Å²) in [5, 5.41) is 0. The Morgan fingerprint density at radius 1 is 0.299 bits per heavy atom. The molecule has 0 heterocycles. The van der Waals surface area contributed by atoms with Gasteiger partial charge in [0.2, 0.25) is 0 Å². The molecular formula is C61H118O6. The van der Waals surface area contributed by atoms with Crippen LogP contribution >= 0.6 is 0 Å². The summed E-state index contributed by atoms with van der Waals surface area (Å²) in [6.07, 6.45) is 58.0. The maximum atomic E-state index is 12.9. The molecule has 0 saturated heterocycles. The van der Waals surface area contributed by atoms with Gasteiger partial charge in [-0.2, -0.15) is 0 Å². The Bertz CT molecular complexity index is 1030. The van der Waals surface area contributed by atoms with E-state index in [1.165, 1.54) is 231 Å². The third-order valence-corrected chi connectivity index (χ3v) is 14.7. The second-order valence-corrected chi connectivity index (χ2v) is 21.5. The average molecular weight is 948 g/mol. The van der Waals surface area contributed by atoms with E-state index in [0.717, 1.165) is 69.6 Å². The summed E-state index contributed by atoms with van der Waals surface area (Å²) in [5.74, 6) is 0.919. The van der Waals surface area contributed by atoms with Crippen molar-refractivity contribution in [3.8, 4) is 0 Å². The van der Waals surface area contributed by atoms with E-state index < -0.39 is 6.10 Å². The Balaban J connectivity index is 4.25. The van der Waals surface area contributed by atoms with Gasteiger partial charge in [0.05, 0.1) is 0 Å². The molecular weight excluding hydrogens is 829 g/mol. The van der Waals surface area contributed by atoms with Gasteiger partial charge in [0.15, 0.2) is 6.10 Å². The van der Waals surface area contributed by atoms with Crippen LogP contribution in [-0.2, 0) is 28.6 Å². The van der Waals surface area contributed by atoms with E-state index in [2.05, 4.69) is 34.6 Å². The van der Waals surface area contributed by atoms with E-state index in [1.807, 2.05) is 0 Å². The van der Waals surface area contributed by atoms with Gasteiger partial charge in [0.1, 0.15) is 13.2 Å². The van der Waals surface area contributed by atoms with Crippen LogP contribution in [0, 0.1) is 11.8 Å². The third-order valence-electron chi connectivity index (χ3n) is 14.7. The number of ether oxygens (including phenoxy) is 3. The minimum atomic E-state index is -0.763. The van der Waals surface area contributed by atoms with Gasteiger partial charge in [-0.25, -0.2) is 0 Å². The monoisotopic (exact) mass is 947 g/mol. The lowest BCUT2D eigenvalue weighted by Gasteiger charge is -2.18. The smallest absolute Gasteiger partial charge is 0.306 e. The lowest BCUT2D eigenvalue weighted by Crippen LogP contribution is -2.30. The largest absolute Gasteiger partial charge is 0.462 e. The number of carbonyl (C=O) groups excluding carboxylic acids is 3. The molecule has 0 aromatic heterocycles. The first-order valence-electron chi connectivity index (χ1n) is 30.3. The van der Waals surface area contributed by atoms with E-state index in [9.17, 15) is 14.4 Å². The highest BCUT2D eigenvalue weighted by Gasteiger charge is 2.19. The van der Waals surface area contributed by atoms with E-state index >= 15 is 0 Å². The molecule has 0 aliphatic rings. The maximum absolute atomic E-state index is 12.9. The van der Waals surface area contributed by atoms with E-state index in [4.69, 9.17) is 14.2 Å². The molecule has 0 aliphatic carbocycles. The topological polar surface area (TPSA) is 78.9 Å². The number of hydrogen-bond acceptors (Lipinski definition) is 6. The third kappa shape index (κ3) is 52.1. The first-order valence-corrected chi connectivity index (χ1v) is 30.3. The summed E-state index contributed by atoms with van der Waals surface area (Å²) in [6.45, 7) is 11.5. The van der Waals surface area contributed by atoms with Gasteiger partial charge in [0, 0.05) is 19.3 Å². The van der Waals surface area contributed by atoms with Gasteiger partial charge in [-0.1, -0.05) is 304 Å². The van der Waals surface area contributed by atoms with Crippen LogP contribution in [0.3, 0.4) is 0 Å². The highest BCUT2D eigenvalue weighted by Crippen LogP contribution is 2.19. The lowest BCUT2D eigenvalue weighted by atomic mass is 9.99. The highest BCUT2D eigenvalue weighted by molar-refractivity contribution is 5.71. The van der Waals surface area contributed by atoms with Crippen molar-refractivity contribution in [3.63, 3.8) is 0 Å². The summed E-state index contributed by atoms with van der Waals surface area (Å²) in [6, 6.07) is 0. The van der Waals surface area contributed by atoms with Crippen LogP contribution in [0.4, 0.5) is 0 Å². The molecule has 0 spiro atoms. The average Bonchev–Trinajstić information content (AvgIpc) is 3.33. The fraction of sp³-hybridized carbons (Fsp3) is 0.951. The lowest BCUT2D eigenvalue weighted by molar-refractivity contribution is -0.167. The molecule has 2 unspecified atom stereocenters. The molecule has 0 radical (unpaired) electrons. The van der Waals surface area contributed by atoms with Gasteiger partial charge in [0.25, 0.3) is 0 Å². The molecule has 0 bridgehead atoms. The van der Waals surface area contributed by atoms with Crippen molar-refractivity contribution in [1.29, 1.82) is 0 Å². The quantitative estimate of drug-likeness (QED) is 0.0343. The van der Waals surface area contributed by atoms with Crippen LogP contribution in [0.5, 0.6) is 0 Å². The molecule has 0 saturated carbocycles. The van der Waals surface area contributed by atoms with Gasteiger partial charge in [-0.15, -0.1) is 0 Å². The summed E-state index contributed by atoms with van der Waals surface area (Å²) in [4.78, 5) is 38.2. The van der Waals surface area contributed by atoms with Gasteiger partial charge < -0.3 is 14.2 Å². The molecule has 0 fully saturated rings. The zero-order valence-corrected chi connectivity index (χ0v) is 46.0. The van der Waals surface area contributed by atoms with Crippen LogP contribution in [0.1, 0.15) is 343 Å². The molecule has 0 aliphatic heterocycles. The van der Waals surface area contributed by atoms with Crippen LogP contribution < -0.4 is 0 Å². The van der Waals surface area contributed by atoms with Crippen LogP contribution in [0.2, 0.25) is 0 Å². The Hall–Kier alpha value is -1.59. The SMILES string of the molecule is CCCCCCCCCCCCCCCCCC(=O)OC[C@H](COC(=O)CCCCCCCCCCC(C)CC)OC(=O)CCCCCCCCCCCCCCCCCCCCC(C)CC. The molecule has 67 heavy (non-hydrogen) atoms. The van der Waals surface area contributed by atoms with Crippen molar-refractivity contribution < 1.29 is 28.6 Å². The van der Waals surface area contributed by atoms with Gasteiger partial charge >= 0.3 is 17.9 Å². The zero-order chi connectivity index (χ0) is 48.9. The minimum absolute atomic E-state index is 0.0627. The molecule has 0 amide bonds. The second kappa shape index (κ2) is 53.8. The molecule has 6 heteroatoms. The summed E-state index contributed by atoms with van der Waals surface area (Å²) >= 11 is 0. The summed E-state index contributed by atoms with van der Waals surface area (Å²) in [5.41, 5.74) is 0. The van der Waals surface area contributed by atoms with E-state index in [0.29, 0.717) is 19.3 Å². The zero-order valence-electron chi connectivity index (χ0n) is 46.0. The van der Waals surface area contributed by atoms with Crippen molar-refractivity contribution in [2.75, 3.05) is 13.2 Å². The Morgan fingerprint density at radius 3 is 0.776 bits per heavy atom. The van der Waals surface area contributed by atoms with Crippen LogP contribution in [-0.4, -0.2) is 37.2 Å². The van der Waals surface area contributed by atoms with Crippen LogP contribution in [0.25, 0.3) is 0 Å². The molecule has 398 valence electrons. The molecule has 6 nitrogen and oxygen atoms in total. The highest BCUT2D eigenvalue weighted by atomic mass is 16.6. The Kier molecular flexibility index (Phi) is 52.5. The van der Waals surface area contributed by atoms with Crippen molar-refractivity contribution in [2.24, 2.45) is 11.8 Å². The standard InChI is InChI=1S/C61H118O6/c1-6-9-10-11-12-13-14-15-20-24-27-30-36-41-46-51-59(62)65-54-58(55-66-60(63)52-47-42-37-33-32-35-40-45-50-57(5)8-3)67-61(64)53-48-43-38-31-28-25-22-19-17-16-18-21-23-26-29-34-39-44-49-56(4)7-2/h56-58H,6-55H2,1-5H3/t56?,57?,58-/m1/s1. The number of hydrogen-bond donors (Lipinski definition) is 0. The number of unbranched alkanes of at least 4 members (excludes halogenated alkanes) is 38. The second-order valence-electron chi connectivity index (χ2n) is 21.5. The molecule has 0 N–H and O–H groups in total. The molecule has 3 atom stereocenters. The molecule has 0 aromatic rings. The minimum Gasteiger partial charge on any atom is -0.462 e. The predicted molar refractivity (Wildman–Crippen MR) is 289 cm³/mol. The maximum Gasteiger partial charge on any atom is 0.306 e. The van der Waals surface area contributed by atoms with E-state index in [-0.39, 0.29) is 31.1 Å². The summed E-state index contributed by atoms with van der Waals surface area (Å²) in [7, 11) is 0. The number of carbonyl (C=O) groups is 3. The van der Waals surface area contributed by atoms with Crippen molar-refractivity contribution in [2.45, 2.75) is 349 Å². The van der Waals surface area contributed by atoms with Crippen molar-refractivity contribution in [3.05, 3.63) is 0 Å². The molecule has 0 rings (SSSR count). The predicted octanol–water partition coefficient (Wildman–Crippen LogP) is 20.0. The fourth-order valence-electron chi connectivity index (χ4n) is 9.34. The van der Waals surface area contributed by atoms with Gasteiger partial charge in [-0.05, 0) is 31.1 Å². The summed E-state index contributed by atoms with van der Waals surface area (Å²) < 4.78 is 16.9. The first kappa shape index (κ1) is 65.4. The normalized spacial score (nSPS) is 12.9.